The van der Waals surface area contributed by atoms with Gasteiger partial charge in [0.15, 0.2) is 5.96 Å². The molecule has 2 rings (SSSR count). The lowest BCUT2D eigenvalue weighted by Gasteiger charge is -2.13. The van der Waals surface area contributed by atoms with Crippen LogP contribution in [-0.4, -0.2) is 37.5 Å². The van der Waals surface area contributed by atoms with E-state index in [2.05, 4.69) is 27.2 Å². The van der Waals surface area contributed by atoms with Crippen molar-refractivity contribution in [1.82, 2.24) is 10.6 Å². The van der Waals surface area contributed by atoms with Crippen LogP contribution in [0.5, 0.6) is 0 Å². The lowest BCUT2D eigenvalue weighted by atomic mass is 10.1. The van der Waals surface area contributed by atoms with E-state index < -0.39 is 0 Å². The van der Waals surface area contributed by atoms with Gasteiger partial charge in [-0.3, -0.25) is 9.79 Å². The first-order valence-corrected chi connectivity index (χ1v) is 9.95. The van der Waals surface area contributed by atoms with Gasteiger partial charge in [0.25, 0.3) is 0 Å². The summed E-state index contributed by atoms with van der Waals surface area (Å²) in [7, 11) is 1.77. The van der Waals surface area contributed by atoms with Crippen molar-refractivity contribution in [3.63, 3.8) is 0 Å². The van der Waals surface area contributed by atoms with Crippen LogP contribution in [0.25, 0.3) is 0 Å². The molecule has 6 heteroatoms. The van der Waals surface area contributed by atoms with Crippen LogP contribution in [0.1, 0.15) is 31.2 Å². The van der Waals surface area contributed by atoms with Crippen LogP contribution in [0.3, 0.4) is 0 Å². The molecule has 0 aliphatic heterocycles. The Balaban J connectivity index is 1.84. The molecule has 5 nitrogen and oxygen atoms in total. The highest BCUT2D eigenvalue weighted by Gasteiger charge is 2.22. The van der Waals surface area contributed by atoms with Crippen molar-refractivity contribution in [1.29, 1.82) is 0 Å². The van der Waals surface area contributed by atoms with E-state index in [0.717, 1.165) is 42.3 Å². The molecular formula is C18H28N4OS. The molecule has 3 N–H and O–H groups in total. The Hall–Kier alpha value is -1.69. The fraction of sp³-hybridized carbons (Fsp3) is 0.556. The van der Waals surface area contributed by atoms with Gasteiger partial charge in [-0.05, 0) is 36.8 Å². The summed E-state index contributed by atoms with van der Waals surface area (Å²) in [6.07, 6.45) is 6.47. The van der Waals surface area contributed by atoms with Crippen LogP contribution in [0, 0.1) is 5.92 Å². The molecule has 0 spiro atoms. The molecule has 1 amide bonds. The number of anilines is 1. The first kappa shape index (κ1) is 18.6. The first-order valence-electron chi connectivity index (χ1n) is 8.56. The maximum Gasteiger partial charge on any atom is 0.227 e. The summed E-state index contributed by atoms with van der Waals surface area (Å²) in [5.41, 5.74) is 1.99. The Morgan fingerprint density at radius 1 is 1.29 bits per heavy atom. The Morgan fingerprint density at radius 2 is 2.08 bits per heavy atom. The predicted molar refractivity (Wildman–Crippen MR) is 104 cm³/mol. The number of carbonyl (C=O) groups excluding carboxylic acids is 1. The summed E-state index contributed by atoms with van der Waals surface area (Å²) in [5.74, 6) is 2.19. The van der Waals surface area contributed by atoms with Crippen LogP contribution >= 0.6 is 11.8 Å². The molecule has 0 saturated heterocycles. The predicted octanol–water partition coefficient (Wildman–Crippen LogP) is 2.84. The molecule has 1 aliphatic carbocycles. The zero-order chi connectivity index (χ0) is 17.2. The minimum atomic E-state index is 0.159. The highest BCUT2D eigenvalue weighted by Crippen LogP contribution is 2.26. The molecule has 24 heavy (non-hydrogen) atoms. The van der Waals surface area contributed by atoms with Crippen molar-refractivity contribution >= 4 is 29.3 Å². The standard InChI is InChI=1S/C18H28N4OS/c1-19-18(20-10-11-24-2)21-13-14-6-5-9-16(12-14)22-17(23)15-7-3-4-8-15/h5-6,9,12,15H,3-4,7-8,10-11,13H2,1-2H3,(H,22,23)(H2,19,20,21). The van der Waals surface area contributed by atoms with Crippen molar-refractivity contribution in [2.24, 2.45) is 10.9 Å². The van der Waals surface area contributed by atoms with Gasteiger partial charge in [-0.15, -0.1) is 0 Å². The second-order valence-corrected chi connectivity index (χ2v) is 7.00. The number of hydrogen-bond donors (Lipinski definition) is 3. The number of carbonyl (C=O) groups is 1. The molecule has 0 bridgehead atoms. The van der Waals surface area contributed by atoms with E-state index in [9.17, 15) is 4.79 Å². The summed E-state index contributed by atoms with van der Waals surface area (Å²) in [6, 6.07) is 8.00. The van der Waals surface area contributed by atoms with Crippen molar-refractivity contribution < 1.29 is 4.79 Å². The number of thioether (sulfide) groups is 1. The van der Waals surface area contributed by atoms with Gasteiger partial charge in [-0.25, -0.2) is 0 Å². The van der Waals surface area contributed by atoms with E-state index in [0.29, 0.717) is 6.54 Å². The molecule has 1 aromatic carbocycles. The van der Waals surface area contributed by atoms with Gasteiger partial charge in [-0.2, -0.15) is 11.8 Å². The molecule has 132 valence electrons. The second-order valence-electron chi connectivity index (χ2n) is 6.02. The SMILES string of the molecule is CN=C(NCCSC)NCc1cccc(NC(=O)C2CCCC2)c1. The van der Waals surface area contributed by atoms with Crippen molar-refractivity contribution in [2.45, 2.75) is 32.2 Å². The monoisotopic (exact) mass is 348 g/mol. The number of nitrogens with zero attached hydrogens (tertiary/aromatic N) is 1. The normalized spacial score (nSPS) is 15.3. The molecule has 0 radical (unpaired) electrons. The molecule has 1 saturated carbocycles. The summed E-state index contributed by atoms with van der Waals surface area (Å²) < 4.78 is 0. The van der Waals surface area contributed by atoms with E-state index >= 15 is 0 Å². The third-order valence-corrected chi connectivity index (χ3v) is 4.82. The zero-order valence-corrected chi connectivity index (χ0v) is 15.4. The summed E-state index contributed by atoms with van der Waals surface area (Å²) >= 11 is 1.80. The van der Waals surface area contributed by atoms with Crippen LogP contribution in [0.2, 0.25) is 0 Å². The number of amides is 1. The Bertz CT molecular complexity index is 556. The number of hydrogen-bond acceptors (Lipinski definition) is 3. The third kappa shape index (κ3) is 6.07. The smallest absolute Gasteiger partial charge is 0.227 e. The average Bonchev–Trinajstić information content (AvgIpc) is 3.13. The average molecular weight is 349 g/mol. The zero-order valence-electron chi connectivity index (χ0n) is 14.6. The lowest BCUT2D eigenvalue weighted by molar-refractivity contribution is -0.119. The highest BCUT2D eigenvalue weighted by atomic mass is 32.2. The van der Waals surface area contributed by atoms with Gasteiger partial charge in [0.1, 0.15) is 0 Å². The maximum atomic E-state index is 12.2. The van der Waals surface area contributed by atoms with Gasteiger partial charge in [0.2, 0.25) is 5.91 Å². The van der Waals surface area contributed by atoms with E-state index in [-0.39, 0.29) is 11.8 Å². The summed E-state index contributed by atoms with van der Waals surface area (Å²) in [5, 5.41) is 9.62. The van der Waals surface area contributed by atoms with E-state index in [1.54, 1.807) is 18.8 Å². The van der Waals surface area contributed by atoms with Gasteiger partial charge < -0.3 is 16.0 Å². The Morgan fingerprint density at radius 3 is 2.79 bits per heavy atom. The molecule has 0 heterocycles. The fourth-order valence-corrected chi connectivity index (χ4v) is 3.18. The van der Waals surface area contributed by atoms with E-state index in [4.69, 9.17) is 0 Å². The summed E-state index contributed by atoms with van der Waals surface area (Å²) in [4.78, 5) is 16.4. The van der Waals surface area contributed by atoms with Gasteiger partial charge in [-0.1, -0.05) is 25.0 Å². The number of nitrogens with one attached hydrogen (secondary N) is 3. The van der Waals surface area contributed by atoms with Gasteiger partial charge in [0.05, 0.1) is 0 Å². The Labute approximate surface area is 149 Å². The molecule has 0 aromatic heterocycles. The molecule has 0 atom stereocenters. The van der Waals surface area contributed by atoms with E-state index in [1.165, 1.54) is 12.8 Å². The van der Waals surface area contributed by atoms with Crippen LogP contribution < -0.4 is 16.0 Å². The minimum absolute atomic E-state index is 0.159. The molecule has 1 aliphatic rings. The van der Waals surface area contributed by atoms with E-state index in [1.807, 2.05) is 24.3 Å². The largest absolute Gasteiger partial charge is 0.356 e. The minimum Gasteiger partial charge on any atom is -0.356 e. The number of aliphatic imine (C=N–C) groups is 1. The van der Waals surface area contributed by atoms with Gasteiger partial charge in [0, 0.05) is 37.5 Å². The second kappa shape index (κ2) is 10.2. The van der Waals surface area contributed by atoms with Crippen LogP contribution in [0.15, 0.2) is 29.3 Å². The number of guanidine groups is 1. The number of rotatable bonds is 7. The highest BCUT2D eigenvalue weighted by molar-refractivity contribution is 7.98. The molecule has 0 unspecified atom stereocenters. The van der Waals surface area contributed by atoms with Crippen molar-refractivity contribution in [3.05, 3.63) is 29.8 Å². The molecule has 1 aromatic rings. The fourth-order valence-electron chi connectivity index (χ4n) is 2.87. The first-order chi connectivity index (χ1) is 11.7. The molecule has 1 fully saturated rings. The van der Waals surface area contributed by atoms with Crippen molar-refractivity contribution in [2.75, 3.05) is 30.9 Å². The number of benzene rings is 1. The van der Waals surface area contributed by atoms with Crippen molar-refractivity contribution in [3.8, 4) is 0 Å². The van der Waals surface area contributed by atoms with Gasteiger partial charge >= 0.3 is 0 Å². The third-order valence-electron chi connectivity index (χ3n) is 4.20. The van der Waals surface area contributed by atoms with Crippen LogP contribution in [0.4, 0.5) is 5.69 Å². The molecular weight excluding hydrogens is 320 g/mol. The quantitative estimate of drug-likeness (QED) is 0.403. The topological polar surface area (TPSA) is 65.5 Å². The summed E-state index contributed by atoms with van der Waals surface area (Å²) in [6.45, 7) is 1.56. The maximum absolute atomic E-state index is 12.2. The lowest BCUT2D eigenvalue weighted by Crippen LogP contribution is -2.37. The Kier molecular flexibility index (Phi) is 7.95. The van der Waals surface area contributed by atoms with Crippen LogP contribution in [-0.2, 0) is 11.3 Å².